The molecule has 1 aliphatic heterocycles. The van der Waals surface area contributed by atoms with Crippen molar-refractivity contribution in [3.8, 4) is 5.75 Å². The molecule has 1 unspecified atom stereocenters. The van der Waals surface area contributed by atoms with Crippen LogP contribution >= 0.6 is 15.9 Å². The lowest BCUT2D eigenvalue weighted by molar-refractivity contribution is -0.136. The van der Waals surface area contributed by atoms with E-state index in [2.05, 4.69) is 34.1 Å². The Balaban J connectivity index is 1.62. The van der Waals surface area contributed by atoms with Gasteiger partial charge in [-0.15, -0.1) is 0 Å². The highest BCUT2D eigenvalue weighted by atomic mass is 79.9. The molecule has 158 valence electrons. The third kappa shape index (κ3) is 3.97. The summed E-state index contributed by atoms with van der Waals surface area (Å²) in [5.74, 6) is -0.0224. The first-order chi connectivity index (χ1) is 14.4. The molecule has 1 atom stereocenters. The molecule has 0 radical (unpaired) electrons. The fourth-order valence-corrected chi connectivity index (χ4v) is 5.30. The highest BCUT2D eigenvalue weighted by Crippen LogP contribution is 2.52. The molecule has 5 nitrogen and oxygen atoms in total. The Morgan fingerprint density at radius 3 is 2.63 bits per heavy atom. The second-order valence-corrected chi connectivity index (χ2v) is 9.15. The summed E-state index contributed by atoms with van der Waals surface area (Å²) in [6.45, 7) is 3.45. The number of piperidine rings is 1. The summed E-state index contributed by atoms with van der Waals surface area (Å²) in [5.41, 5.74) is 3.14. The molecule has 4 rings (SSSR count). The van der Waals surface area contributed by atoms with Gasteiger partial charge in [0.15, 0.2) is 0 Å². The van der Waals surface area contributed by atoms with Gasteiger partial charge in [0.05, 0.1) is 6.42 Å². The number of fused-ring (bicyclic) bond motifs is 2. The highest BCUT2D eigenvalue weighted by molar-refractivity contribution is 9.10. The molecule has 1 N–H and O–H groups in total. The predicted molar refractivity (Wildman–Crippen MR) is 118 cm³/mol. The molecule has 2 aromatic rings. The van der Waals surface area contributed by atoms with Gasteiger partial charge in [-0.25, -0.2) is 0 Å². The van der Waals surface area contributed by atoms with Crippen LogP contribution in [0.5, 0.6) is 5.75 Å². The molecule has 0 saturated carbocycles. The Bertz CT molecular complexity index is 965. The number of amides is 1. The summed E-state index contributed by atoms with van der Waals surface area (Å²) in [6.07, 6.45) is 3.03. The van der Waals surface area contributed by atoms with Crippen LogP contribution in [0.15, 0.2) is 46.9 Å². The van der Waals surface area contributed by atoms with Crippen molar-refractivity contribution in [1.82, 2.24) is 4.90 Å². The number of ether oxygens (including phenoxy) is 1. The van der Waals surface area contributed by atoms with Gasteiger partial charge in [-0.3, -0.25) is 9.59 Å². The minimum atomic E-state index is -0.870. The van der Waals surface area contributed by atoms with Crippen LogP contribution < -0.4 is 4.74 Å². The molecule has 0 bridgehead atoms. The Morgan fingerprint density at radius 2 is 1.93 bits per heavy atom. The van der Waals surface area contributed by atoms with E-state index in [-0.39, 0.29) is 23.8 Å². The van der Waals surface area contributed by atoms with E-state index in [0.29, 0.717) is 17.7 Å². The van der Waals surface area contributed by atoms with Gasteiger partial charge in [-0.05, 0) is 48.6 Å². The number of carboxylic acids is 1. The van der Waals surface area contributed by atoms with Gasteiger partial charge in [0.2, 0.25) is 5.91 Å². The number of rotatable bonds is 5. The molecule has 1 amide bonds. The average molecular weight is 472 g/mol. The number of halogens is 1. The number of benzene rings is 2. The van der Waals surface area contributed by atoms with Crippen LogP contribution in [0.1, 0.15) is 55.4 Å². The first-order valence-corrected chi connectivity index (χ1v) is 11.3. The lowest BCUT2D eigenvalue weighted by Gasteiger charge is -2.40. The molecule has 2 aromatic carbocycles. The molecule has 0 aromatic heterocycles. The van der Waals surface area contributed by atoms with Gasteiger partial charge in [0.1, 0.15) is 11.9 Å². The van der Waals surface area contributed by atoms with E-state index in [1.54, 1.807) is 0 Å². The minimum absolute atomic E-state index is 0.00698. The zero-order valence-electron chi connectivity index (χ0n) is 17.1. The summed E-state index contributed by atoms with van der Waals surface area (Å²) < 4.78 is 7.45. The summed E-state index contributed by atoms with van der Waals surface area (Å²) in [7, 11) is 0. The average Bonchev–Trinajstić information content (AvgIpc) is 3.01. The summed E-state index contributed by atoms with van der Waals surface area (Å²) in [4.78, 5) is 25.4. The fourth-order valence-electron chi connectivity index (χ4n) is 4.93. The van der Waals surface area contributed by atoms with E-state index in [1.807, 2.05) is 36.1 Å². The van der Waals surface area contributed by atoms with Crippen molar-refractivity contribution in [2.24, 2.45) is 0 Å². The lowest BCUT2D eigenvalue weighted by Crippen LogP contribution is -2.44. The molecule has 1 aliphatic carbocycles. The number of nitrogens with zero attached hydrogens (tertiary/aromatic N) is 1. The van der Waals surface area contributed by atoms with Crippen molar-refractivity contribution < 1.29 is 19.4 Å². The molecular weight excluding hydrogens is 446 g/mol. The van der Waals surface area contributed by atoms with Crippen molar-refractivity contribution in [3.63, 3.8) is 0 Å². The number of carbonyl (C=O) groups is 2. The zero-order valence-corrected chi connectivity index (χ0v) is 18.7. The number of aliphatic carboxylic acids is 1. The van der Waals surface area contributed by atoms with Crippen molar-refractivity contribution in [2.45, 2.75) is 50.5 Å². The molecular formula is C24H26BrNO4. The summed E-state index contributed by atoms with van der Waals surface area (Å²) >= 11 is 3.59. The molecule has 1 spiro atoms. The van der Waals surface area contributed by atoms with Crippen LogP contribution in [-0.2, 0) is 21.4 Å². The topological polar surface area (TPSA) is 66.8 Å². The number of hydrogen-bond donors (Lipinski definition) is 1. The van der Waals surface area contributed by atoms with Crippen molar-refractivity contribution in [3.05, 3.63) is 63.6 Å². The van der Waals surface area contributed by atoms with Crippen LogP contribution in [0, 0.1) is 0 Å². The predicted octanol–water partition coefficient (Wildman–Crippen LogP) is 4.87. The van der Waals surface area contributed by atoms with Gasteiger partial charge in [0.25, 0.3) is 0 Å². The molecule has 1 heterocycles. The largest absolute Gasteiger partial charge is 0.485 e. The van der Waals surface area contributed by atoms with E-state index in [0.717, 1.165) is 42.4 Å². The number of carboxylic acid groups (broad SMARTS) is 1. The van der Waals surface area contributed by atoms with E-state index in [1.165, 1.54) is 5.56 Å². The van der Waals surface area contributed by atoms with E-state index in [4.69, 9.17) is 4.74 Å². The van der Waals surface area contributed by atoms with E-state index >= 15 is 0 Å². The smallest absolute Gasteiger partial charge is 0.307 e. The van der Waals surface area contributed by atoms with E-state index < -0.39 is 5.97 Å². The fraction of sp³-hybridized carbons (Fsp3) is 0.417. The monoisotopic (exact) mass is 471 g/mol. The number of hydrogen-bond acceptors (Lipinski definition) is 3. The Hall–Kier alpha value is -2.34. The van der Waals surface area contributed by atoms with Crippen LogP contribution in [0.4, 0.5) is 0 Å². The van der Waals surface area contributed by atoms with Gasteiger partial charge in [-0.2, -0.15) is 0 Å². The van der Waals surface area contributed by atoms with Gasteiger partial charge >= 0.3 is 5.97 Å². The van der Waals surface area contributed by atoms with Gasteiger partial charge in [0, 0.05) is 35.0 Å². The van der Waals surface area contributed by atoms with Crippen molar-refractivity contribution in [1.29, 1.82) is 0 Å². The first kappa shape index (κ1) is 20.9. The van der Waals surface area contributed by atoms with Crippen molar-refractivity contribution >= 4 is 27.8 Å². The maximum atomic E-state index is 12.1. The lowest BCUT2D eigenvalue weighted by atomic mass is 9.73. The number of para-hydroxylation sites is 1. The third-order valence-electron chi connectivity index (χ3n) is 6.47. The highest BCUT2D eigenvalue weighted by Gasteiger charge is 2.47. The van der Waals surface area contributed by atoms with Crippen molar-refractivity contribution in [2.75, 3.05) is 13.1 Å². The zero-order chi connectivity index (χ0) is 21.3. The van der Waals surface area contributed by atoms with Crippen LogP contribution in [0.2, 0.25) is 0 Å². The van der Waals surface area contributed by atoms with Gasteiger partial charge in [-0.1, -0.05) is 47.1 Å². The number of carbonyl (C=O) groups excluding carboxylic acids is 1. The first-order valence-electron chi connectivity index (χ1n) is 10.5. The minimum Gasteiger partial charge on any atom is -0.485 e. The van der Waals surface area contributed by atoms with Gasteiger partial charge < -0.3 is 14.7 Å². The Morgan fingerprint density at radius 1 is 1.20 bits per heavy atom. The third-order valence-corrected chi connectivity index (χ3v) is 6.96. The van der Waals surface area contributed by atoms with Crippen LogP contribution in [-0.4, -0.2) is 35.0 Å². The standard InChI is InChI=1S/C24H26BrNO4/c1-2-22(27)26-11-9-24(10-12-26)15-21(18-14-17(25)7-8-19(18)24)30-20-6-4-3-5-16(20)13-23(28)29/h3-8,14,21H,2,9-13,15H2,1H3,(H,28,29). The maximum Gasteiger partial charge on any atom is 0.307 e. The Labute approximate surface area is 185 Å². The number of likely N-dealkylation sites (tertiary alicyclic amines) is 1. The van der Waals surface area contributed by atoms with E-state index in [9.17, 15) is 14.7 Å². The molecule has 6 heteroatoms. The molecule has 30 heavy (non-hydrogen) atoms. The maximum absolute atomic E-state index is 12.1. The molecule has 2 aliphatic rings. The molecule has 1 fully saturated rings. The molecule has 1 saturated heterocycles. The normalized spacial score (nSPS) is 19.5. The second kappa shape index (κ2) is 8.42. The Kier molecular flexibility index (Phi) is 5.87. The van der Waals surface area contributed by atoms with Crippen LogP contribution in [0.25, 0.3) is 0 Å². The quantitative estimate of drug-likeness (QED) is 0.675. The SMILES string of the molecule is CCC(=O)N1CCC2(CC1)CC(Oc1ccccc1CC(=O)O)c1cc(Br)ccc12. The summed E-state index contributed by atoms with van der Waals surface area (Å²) in [6, 6.07) is 13.8. The van der Waals surface area contributed by atoms with Crippen LogP contribution in [0.3, 0.4) is 0 Å². The summed E-state index contributed by atoms with van der Waals surface area (Å²) in [5, 5.41) is 9.24. The second-order valence-electron chi connectivity index (χ2n) is 8.24.